The number of hydrogen-bond donors (Lipinski definition) is 1. The van der Waals surface area contributed by atoms with Crippen LogP contribution in [0.15, 0.2) is 65.3 Å². The lowest BCUT2D eigenvalue weighted by atomic mass is 10.1. The molecule has 2 amide bonds. The van der Waals surface area contributed by atoms with E-state index in [0.717, 1.165) is 17.7 Å². The lowest BCUT2D eigenvalue weighted by Gasteiger charge is -2.16. The van der Waals surface area contributed by atoms with Crippen molar-refractivity contribution < 1.29 is 18.7 Å². The third kappa shape index (κ3) is 3.17. The molecule has 0 saturated heterocycles. The quantitative estimate of drug-likeness (QED) is 0.767. The van der Waals surface area contributed by atoms with Gasteiger partial charge in [0.1, 0.15) is 5.75 Å². The van der Waals surface area contributed by atoms with Crippen LogP contribution in [0, 0.1) is 0 Å². The number of furan rings is 1. The molecule has 0 saturated carbocycles. The highest BCUT2D eigenvalue weighted by Crippen LogP contribution is 2.32. The van der Waals surface area contributed by atoms with Crippen molar-refractivity contribution in [1.82, 2.24) is 0 Å². The van der Waals surface area contributed by atoms with Crippen molar-refractivity contribution in [3.8, 4) is 5.75 Å². The van der Waals surface area contributed by atoms with Gasteiger partial charge in [0.05, 0.1) is 18.9 Å². The predicted molar refractivity (Wildman–Crippen MR) is 101 cm³/mol. The van der Waals surface area contributed by atoms with Crippen LogP contribution < -0.4 is 15.0 Å². The van der Waals surface area contributed by atoms with Gasteiger partial charge in [0.25, 0.3) is 11.8 Å². The van der Waals surface area contributed by atoms with Crippen LogP contribution in [0.4, 0.5) is 11.4 Å². The fourth-order valence-electron chi connectivity index (χ4n) is 3.25. The fourth-order valence-corrected chi connectivity index (χ4v) is 3.25. The van der Waals surface area contributed by atoms with Crippen LogP contribution in [0.3, 0.4) is 0 Å². The molecule has 0 unspecified atom stereocenters. The second-order valence-electron chi connectivity index (χ2n) is 6.18. The molecule has 1 aliphatic heterocycles. The molecule has 0 spiro atoms. The summed E-state index contributed by atoms with van der Waals surface area (Å²) in [5.74, 6) is 0.432. The minimum absolute atomic E-state index is 0.162. The van der Waals surface area contributed by atoms with Gasteiger partial charge in [0, 0.05) is 17.9 Å². The molecule has 4 rings (SSSR count). The third-order valence-corrected chi connectivity index (χ3v) is 4.56. The molecular formula is C21H18N2O4. The predicted octanol–water partition coefficient (Wildman–Crippen LogP) is 3.74. The van der Waals surface area contributed by atoms with E-state index in [9.17, 15) is 9.59 Å². The van der Waals surface area contributed by atoms with Gasteiger partial charge in [-0.25, -0.2) is 0 Å². The normalized spacial score (nSPS) is 12.6. The Hall–Kier alpha value is -3.54. The van der Waals surface area contributed by atoms with Gasteiger partial charge in [-0.05, 0) is 54.4 Å². The minimum Gasteiger partial charge on any atom is -0.496 e. The molecule has 1 N–H and O–H groups in total. The molecule has 27 heavy (non-hydrogen) atoms. The van der Waals surface area contributed by atoms with E-state index in [4.69, 9.17) is 9.15 Å². The van der Waals surface area contributed by atoms with E-state index in [1.165, 1.54) is 13.4 Å². The Morgan fingerprint density at radius 1 is 1.11 bits per heavy atom. The first kappa shape index (κ1) is 16.9. The van der Waals surface area contributed by atoms with Gasteiger partial charge in [-0.15, -0.1) is 0 Å². The first-order valence-electron chi connectivity index (χ1n) is 8.60. The Morgan fingerprint density at radius 2 is 1.96 bits per heavy atom. The van der Waals surface area contributed by atoms with E-state index in [1.807, 2.05) is 18.2 Å². The summed E-state index contributed by atoms with van der Waals surface area (Å²) in [6.45, 7) is 0.582. The van der Waals surface area contributed by atoms with Crippen molar-refractivity contribution >= 4 is 23.2 Å². The fraction of sp³-hybridized carbons (Fsp3) is 0.143. The number of ether oxygens (including phenoxy) is 1. The molecule has 1 aliphatic rings. The Morgan fingerprint density at radius 3 is 2.74 bits per heavy atom. The highest BCUT2D eigenvalue weighted by Gasteiger charge is 2.27. The first-order chi connectivity index (χ1) is 13.2. The molecule has 0 aliphatic carbocycles. The monoisotopic (exact) mass is 362 g/mol. The second-order valence-corrected chi connectivity index (χ2v) is 6.18. The lowest BCUT2D eigenvalue weighted by molar-refractivity contribution is 0.0961. The maximum atomic E-state index is 12.6. The highest BCUT2D eigenvalue weighted by molar-refractivity contribution is 6.07. The number of fused-ring (bicyclic) bond motifs is 1. The van der Waals surface area contributed by atoms with Crippen molar-refractivity contribution in [3.63, 3.8) is 0 Å². The summed E-state index contributed by atoms with van der Waals surface area (Å²) in [6, 6.07) is 16.0. The van der Waals surface area contributed by atoms with Crippen molar-refractivity contribution in [2.75, 3.05) is 23.9 Å². The molecule has 1 aromatic heterocycles. The molecule has 136 valence electrons. The molecular weight excluding hydrogens is 344 g/mol. The van der Waals surface area contributed by atoms with E-state index >= 15 is 0 Å². The number of methoxy groups -OCH3 is 1. The zero-order valence-corrected chi connectivity index (χ0v) is 14.8. The Kier molecular flexibility index (Phi) is 4.38. The zero-order valence-electron chi connectivity index (χ0n) is 14.8. The molecule has 6 heteroatoms. The molecule has 3 aromatic rings. The van der Waals surface area contributed by atoms with E-state index in [2.05, 4.69) is 5.32 Å². The molecule has 2 heterocycles. The summed E-state index contributed by atoms with van der Waals surface area (Å²) >= 11 is 0. The van der Waals surface area contributed by atoms with Crippen LogP contribution in [-0.4, -0.2) is 25.5 Å². The van der Waals surface area contributed by atoms with Crippen LogP contribution in [0.25, 0.3) is 0 Å². The van der Waals surface area contributed by atoms with Gasteiger partial charge < -0.3 is 19.4 Å². The summed E-state index contributed by atoms with van der Waals surface area (Å²) in [6.07, 6.45) is 2.21. The maximum absolute atomic E-state index is 12.6. The lowest BCUT2D eigenvalue weighted by Crippen LogP contribution is -2.28. The number of hydrogen-bond acceptors (Lipinski definition) is 4. The Bertz CT molecular complexity index is 995. The summed E-state index contributed by atoms with van der Waals surface area (Å²) < 4.78 is 10.4. The van der Waals surface area contributed by atoms with Crippen LogP contribution in [0.5, 0.6) is 5.75 Å². The van der Waals surface area contributed by atoms with E-state index < -0.39 is 0 Å². The van der Waals surface area contributed by atoms with Gasteiger partial charge in [0.15, 0.2) is 5.76 Å². The van der Waals surface area contributed by atoms with Crippen molar-refractivity contribution in [1.29, 1.82) is 0 Å². The average Bonchev–Trinajstić information content (AvgIpc) is 3.37. The van der Waals surface area contributed by atoms with E-state index in [0.29, 0.717) is 29.3 Å². The molecule has 0 bridgehead atoms. The summed E-state index contributed by atoms with van der Waals surface area (Å²) in [7, 11) is 1.53. The SMILES string of the molecule is COc1ccccc1C(=O)Nc1ccc2c(c1)CCN2C(=O)c1ccco1. The second kappa shape index (κ2) is 6.99. The first-order valence-corrected chi connectivity index (χ1v) is 8.60. The zero-order chi connectivity index (χ0) is 18.8. The van der Waals surface area contributed by atoms with Crippen molar-refractivity contribution in [2.45, 2.75) is 6.42 Å². The number of nitrogens with zero attached hydrogens (tertiary/aromatic N) is 1. The molecule has 6 nitrogen and oxygen atoms in total. The summed E-state index contributed by atoms with van der Waals surface area (Å²) in [5.41, 5.74) is 2.99. The number of anilines is 2. The standard InChI is InChI=1S/C21H18N2O4/c1-26-18-6-3-2-5-16(18)20(24)22-15-8-9-17-14(13-15)10-11-23(17)21(25)19-7-4-12-27-19/h2-9,12-13H,10-11H2,1H3,(H,22,24). The largest absolute Gasteiger partial charge is 0.496 e. The number of benzene rings is 2. The molecule has 0 radical (unpaired) electrons. The smallest absolute Gasteiger partial charge is 0.293 e. The number of para-hydroxylation sites is 1. The number of amides is 2. The average molecular weight is 362 g/mol. The maximum Gasteiger partial charge on any atom is 0.293 e. The van der Waals surface area contributed by atoms with Crippen LogP contribution in [0.1, 0.15) is 26.5 Å². The summed E-state index contributed by atoms with van der Waals surface area (Å²) in [5, 5.41) is 2.89. The third-order valence-electron chi connectivity index (χ3n) is 4.56. The van der Waals surface area contributed by atoms with Gasteiger partial charge in [0.2, 0.25) is 0 Å². The van der Waals surface area contributed by atoms with Crippen LogP contribution >= 0.6 is 0 Å². The Balaban J connectivity index is 1.54. The van der Waals surface area contributed by atoms with E-state index in [-0.39, 0.29) is 11.8 Å². The van der Waals surface area contributed by atoms with Gasteiger partial charge in [-0.1, -0.05) is 12.1 Å². The van der Waals surface area contributed by atoms with Crippen molar-refractivity contribution in [3.05, 3.63) is 77.7 Å². The minimum atomic E-state index is -0.242. The van der Waals surface area contributed by atoms with Crippen molar-refractivity contribution in [2.24, 2.45) is 0 Å². The number of carbonyl (C=O) groups excluding carboxylic acids is 2. The van der Waals surface area contributed by atoms with Crippen LogP contribution in [0.2, 0.25) is 0 Å². The number of carbonyl (C=O) groups is 2. The highest BCUT2D eigenvalue weighted by atomic mass is 16.5. The molecule has 0 fully saturated rings. The molecule has 0 atom stereocenters. The summed E-state index contributed by atoms with van der Waals surface area (Å²) in [4.78, 5) is 26.8. The van der Waals surface area contributed by atoms with Gasteiger partial charge in [-0.2, -0.15) is 0 Å². The molecule has 2 aromatic carbocycles. The van der Waals surface area contributed by atoms with E-state index in [1.54, 1.807) is 41.3 Å². The Labute approximate surface area is 156 Å². The topological polar surface area (TPSA) is 71.8 Å². The van der Waals surface area contributed by atoms with Crippen LogP contribution in [-0.2, 0) is 6.42 Å². The van der Waals surface area contributed by atoms with Gasteiger partial charge >= 0.3 is 0 Å². The number of rotatable bonds is 4. The van der Waals surface area contributed by atoms with Gasteiger partial charge in [-0.3, -0.25) is 9.59 Å². The number of nitrogens with one attached hydrogen (secondary N) is 1.